The standard InChI is InChI=1S/C10H7BrN2O5/c11-7-3-13(10(17)12-8(7)14)2-6-1-5(4-18-6)9(15)16/h1,3-4H,2H2,(H,15,16)(H,12,14,17). The van der Waals surface area contributed by atoms with Crippen molar-refractivity contribution >= 4 is 21.9 Å². The van der Waals surface area contributed by atoms with E-state index in [1.165, 1.54) is 16.8 Å². The van der Waals surface area contributed by atoms with Gasteiger partial charge in [-0.2, -0.15) is 0 Å². The van der Waals surface area contributed by atoms with Crippen molar-refractivity contribution in [2.24, 2.45) is 0 Å². The molecule has 0 fully saturated rings. The minimum absolute atomic E-state index is 0.00143. The van der Waals surface area contributed by atoms with Crippen molar-refractivity contribution in [3.05, 3.63) is 55.2 Å². The second-order valence-electron chi connectivity index (χ2n) is 3.47. The van der Waals surface area contributed by atoms with Crippen LogP contribution in [0.5, 0.6) is 0 Å². The first-order chi connectivity index (χ1) is 8.47. The molecule has 94 valence electrons. The van der Waals surface area contributed by atoms with E-state index in [0.717, 1.165) is 6.26 Å². The number of aromatic nitrogens is 2. The average molecular weight is 315 g/mol. The van der Waals surface area contributed by atoms with Crippen LogP contribution in [-0.2, 0) is 6.54 Å². The van der Waals surface area contributed by atoms with E-state index in [9.17, 15) is 14.4 Å². The molecule has 0 amide bonds. The molecule has 0 aromatic carbocycles. The zero-order valence-electron chi connectivity index (χ0n) is 8.84. The average Bonchev–Trinajstić information content (AvgIpc) is 2.74. The van der Waals surface area contributed by atoms with Gasteiger partial charge in [0.25, 0.3) is 5.56 Å². The summed E-state index contributed by atoms with van der Waals surface area (Å²) in [5.41, 5.74) is -1.13. The van der Waals surface area contributed by atoms with Gasteiger partial charge in [-0.25, -0.2) is 9.59 Å². The Morgan fingerprint density at radius 2 is 2.22 bits per heavy atom. The summed E-state index contributed by atoms with van der Waals surface area (Å²) in [6.07, 6.45) is 2.40. The lowest BCUT2D eigenvalue weighted by Crippen LogP contribution is -2.30. The topological polar surface area (TPSA) is 105 Å². The van der Waals surface area contributed by atoms with Gasteiger partial charge < -0.3 is 9.52 Å². The normalized spacial score (nSPS) is 10.5. The van der Waals surface area contributed by atoms with Gasteiger partial charge in [0.05, 0.1) is 16.6 Å². The molecular weight excluding hydrogens is 308 g/mol. The molecule has 2 heterocycles. The lowest BCUT2D eigenvalue weighted by molar-refractivity contribution is 0.0696. The van der Waals surface area contributed by atoms with Crippen LogP contribution < -0.4 is 11.2 Å². The van der Waals surface area contributed by atoms with E-state index in [4.69, 9.17) is 9.52 Å². The number of halogens is 1. The molecule has 7 nitrogen and oxygen atoms in total. The molecule has 0 saturated carbocycles. The number of H-pyrrole nitrogens is 1. The van der Waals surface area contributed by atoms with Crippen molar-refractivity contribution in [1.82, 2.24) is 9.55 Å². The van der Waals surface area contributed by atoms with Crippen molar-refractivity contribution in [2.45, 2.75) is 6.54 Å². The van der Waals surface area contributed by atoms with E-state index in [1.54, 1.807) is 0 Å². The molecule has 0 saturated heterocycles. The van der Waals surface area contributed by atoms with Gasteiger partial charge in [0.1, 0.15) is 12.0 Å². The van der Waals surface area contributed by atoms with Crippen molar-refractivity contribution in [3.63, 3.8) is 0 Å². The van der Waals surface area contributed by atoms with Gasteiger partial charge in [-0.15, -0.1) is 0 Å². The van der Waals surface area contributed by atoms with Gasteiger partial charge in [-0.3, -0.25) is 14.3 Å². The van der Waals surface area contributed by atoms with E-state index >= 15 is 0 Å². The number of carbonyl (C=O) groups is 1. The predicted octanol–water partition coefficient (Wildman–Crippen LogP) is 0.639. The number of carboxylic acid groups (broad SMARTS) is 1. The Kier molecular flexibility index (Phi) is 3.19. The second kappa shape index (κ2) is 4.65. The third-order valence-electron chi connectivity index (χ3n) is 2.19. The molecule has 8 heteroatoms. The second-order valence-corrected chi connectivity index (χ2v) is 4.33. The number of hydrogen-bond acceptors (Lipinski definition) is 4. The van der Waals surface area contributed by atoms with Crippen LogP contribution in [0.4, 0.5) is 0 Å². The van der Waals surface area contributed by atoms with Gasteiger partial charge in [0.2, 0.25) is 0 Å². The van der Waals surface area contributed by atoms with Crippen LogP contribution in [0.2, 0.25) is 0 Å². The van der Waals surface area contributed by atoms with Gasteiger partial charge in [0.15, 0.2) is 0 Å². The van der Waals surface area contributed by atoms with Crippen LogP contribution in [0.15, 0.2) is 37.0 Å². The molecule has 2 N–H and O–H groups in total. The van der Waals surface area contributed by atoms with Crippen LogP contribution in [0, 0.1) is 0 Å². The van der Waals surface area contributed by atoms with E-state index in [1.807, 2.05) is 0 Å². The van der Waals surface area contributed by atoms with Crippen LogP contribution in [-0.4, -0.2) is 20.6 Å². The van der Waals surface area contributed by atoms with Gasteiger partial charge in [0, 0.05) is 6.20 Å². The summed E-state index contributed by atoms with van der Waals surface area (Å²) in [5.74, 6) is -0.812. The maximum atomic E-state index is 11.5. The minimum Gasteiger partial charge on any atom is -0.478 e. The monoisotopic (exact) mass is 314 g/mol. The van der Waals surface area contributed by atoms with E-state index in [2.05, 4.69) is 20.9 Å². The quantitative estimate of drug-likeness (QED) is 0.864. The van der Waals surface area contributed by atoms with E-state index in [0.29, 0.717) is 5.76 Å². The lowest BCUT2D eigenvalue weighted by Gasteiger charge is -2.02. The number of rotatable bonds is 3. The number of carboxylic acids is 1. The van der Waals surface area contributed by atoms with Crippen molar-refractivity contribution in [2.75, 3.05) is 0 Å². The molecule has 0 bridgehead atoms. The number of nitrogens with one attached hydrogen (secondary N) is 1. The number of aromatic amines is 1. The Morgan fingerprint density at radius 3 is 2.83 bits per heavy atom. The lowest BCUT2D eigenvalue weighted by atomic mass is 10.3. The number of furan rings is 1. The Hall–Kier alpha value is -2.09. The highest BCUT2D eigenvalue weighted by molar-refractivity contribution is 9.10. The Morgan fingerprint density at radius 1 is 1.50 bits per heavy atom. The van der Waals surface area contributed by atoms with Crippen molar-refractivity contribution < 1.29 is 14.3 Å². The summed E-state index contributed by atoms with van der Waals surface area (Å²) in [6, 6.07) is 1.31. The summed E-state index contributed by atoms with van der Waals surface area (Å²) in [6.45, 7) is 0.0293. The van der Waals surface area contributed by atoms with Gasteiger partial charge >= 0.3 is 11.7 Å². The maximum absolute atomic E-state index is 11.5. The molecule has 2 aromatic rings. The molecule has 0 atom stereocenters. The predicted molar refractivity (Wildman–Crippen MR) is 63.8 cm³/mol. The first-order valence-electron chi connectivity index (χ1n) is 4.77. The zero-order chi connectivity index (χ0) is 13.3. The largest absolute Gasteiger partial charge is 0.478 e. The highest BCUT2D eigenvalue weighted by atomic mass is 79.9. The molecule has 0 aliphatic heterocycles. The fourth-order valence-electron chi connectivity index (χ4n) is 1.34. The molecule has 18 heavy (non-hydrogen) atoms. The summed E-state index contributed by atoms with van der Waals surface area (Å²) in [5, 5.41) is 8.72. The third-order valence-corrected chi connectivity index (χ3v) is 2.76. The number of aromatic carboxylic acids is 1. The molecule has 0 spiro atoms. The van der Waals surface area contributed by atoms with Crippen LogP contribution >= 0.6 is 15.9 Å². The summed E-state index contributed by atoms with van der Waals surface area (Å²) in [4.78, 5) is 35.3. The van der Waals surface area contributed by atoms with Crippen molar-refractivity contribution in [1.29, 1.82) is 0 Å². The molecule has 0 radical (unpaired) electrons. The molecule has 0 aliphatic carbocycles. The van der Waals surface area contributed by atoms with Gasteiger partial charge in [-0.1, -0.05) is 0 Å². The smallest absolute Gasteiger partial charge is 0.338 e. The molecule has 0 unspecified atom stereocenters. The molecule has 2 rings (SSSR count). The van der Waals surface area contributed by atoms with Gasteiger partial charge in [-0.05, 0) is 22.0 Å². The fourth-order valence-corrected chi connectivity index (χ4v) is 1.69. The van der Waals surface area contributed by atoms with E-state index < -0.39 is 17.2 Å². The third kappa shape index (κ3) is 2.43. The number of hydrogen-bond donors (Lipinski definition) is 2. The van der Waals surface area contributed by atoms with Crippen LogP contribution in [0.25, 0.3) is 0 Å². The Balaban J connectivity index is 2.34. The minimum atomic E-state index is -1.11. The van der Waals surface area contributed by atoms with Crippen molar-refractivity contribution in [3.8, 4) is 0 Å². The van der Waals surface area contributed by atoms with Crippen LogP contribution in [0.3, 0.4) is 0 Å². The molecule has 2 aromatic heterocycles. The highest BCUT2D eigenvalue weighted by Gasteiger charge is 2.10. The highest BCUT2D eigenvalue weighted by Crippen LogP contribution is 2.09. The summed E-state index contributed by atoms with van der Waals surface area (Å²) in [7, 11) is 0. The molecular formula is C10H7BrN2O5. The summed E-state index contributed by atoms with van der Waals surface area (Å²) < 4.78 is 6.40. The number of nitrogens with zero attached hydrogens (tertiary/aromatic N) is 1. The summed E-state index contributed by atoms with van der Waals surface area (Å²) >= 11 is 2.99. The molecule has 0 aliphatic rings. The zero-order valence-corrected chi connectivity index (χ0v) is 10.4. The fraction of sp³-hybridized carbons (Fsp3) is 0.100. The van der Waals surface area contributed by atoms with Crippen LogP contribution in [0.1, 0.15) is 16.1 Å². The Labute approximate surface area is 108 Å². The maximum Gasteiger partial charge on any atom is 0.338 e. The first kappa shape index (κ1) is 12.4. The Bertz CT molecular complexity index is 712. The SMILES string of the molecule is O=C(O)c1coc(Cn2cc(Br)c(=O)[nH]c2=O)c1. The first-order valence-corrected chi connectivity index (χ1v) is 5.56. The van der Waals surface area contributed by atoms with E-state index in [-0.39, 0.29) is 16.6 Å².